The van der Waals surface area contributed by atoms with E-state index in [0.29, 0.717) is 17.8 Å². The molecule has 0 spiro atoms. The predicted octanol–water partition coefficient (Wildman–Crippen LogP) is 1.47. The maximum Gasteiger partial charge on any atom is 0.107 e. The van der Waals surface area contributed by atoms with Crippen LogP contribution in [0.5, 0.6) is 0 Å². The zero-order chi connectivity index (χ0) is 8.27. The molecular formula is C7H12N2O2. The first-order valence-corrected chi connectivity index (χ1v) is 3.73. The molecule has 0 amide bonds. The Kier molecular flexibility index (Phi) is 2.46. The molecule has 0 aromatic carbocycles. The molecular weight excluding hydrogens is 144 g/mol. The molecule has 1 unspecified atom stereocenters. The van der Waals surface area contributed by atoms with Gasteiger partial charge in [0.1, 0.15) is 11.4 Å². The van der Waals surface area contributed by atoms with Crippen LogP contribution in [0.4, 0.5) is 0 Å². The van der Waals surface area contributed by atoms with Crippen LogP contribution in [-0.2, 0) is 0 Å². The van der Waals surface area contributed by atoms with Gasteiger partial charge in [-0.3, -0.25) is 0 Å². The van der Waals surface area contributed by atoms with Crippen LogP contribution in [0, 0.1) is 5.92 Å². The Morgan fingerprint density at radius 2 is 2.09 bits per heavy atom. The molecule has 1 saturated carbocycles. The highest BCUT2D eigenvalue weighted by Crippen LogP contribution is 2.19. The summed E-state index contributed by atoms with van der Waals surface area (Å²) >= 11 is 0. The third kappa shape index (κ3) is 1.50. The van der Waals surface area contributed by atoms with Gasteiger partial charge in [-0.1, -0.05) is 17.2 Å². The van der Waals surface area contributed by atoms with Crippen molar-refractivity contribution in [2.24, 2.45) is 16.2 Å². The summed E-state index contributed by atoms with van der Waals surface area (Å²) < 4.78 is 0. The van der Waals surface area contributed by atoms with Gasteiger partial charge in [-0.25, -0.2) is 0 Å². The molecule has 0 heterocycles. The first kappa shape index (κ1) is 8.04. The second kappa shape index (κ2) is 3.37. The molecule has 1 rings (SSSR count). The Morgan fingerprint density at radius 1 is 1.36 bits per heavy atom. The fraction of sp³-hybridized carbons (Fsp3) is 0.714. The maximum absolute atomic E-state index is 8.56. The summed E-state index contributed by atoms with van der Waals surface area (Å²) in [5.74, 6) is 0.208. The number of rotatable bonds is 0. The first-order chi connectivity index (χ1) is 5.29. The summed E-state index contributed by atoms with van der Waals surface area (Å²) in [4.78, 5) is 0. The van der Waals surface area contributed by atoms with Crippen LogP contribution < -0.4 is 0 Å². The number of oxime groups is 2. The van der Waals surface area contributed by atoms with Crippen molar-refractivity contribution in [1.29, 1.82) is 0 Å². The van der Waals surface area contributed by atoms with Crippen LogP contribution >= 0.6 is 0 Å². The van der Waals surface area contributed by atoms with Crippen LogP contribution in [0.2, 0.25) is 0 Å². The fourth-order valence-corrected chi connectivity index (χ4v) is 1.38. The third-order valence-electron chi connectivity index (χ3n) is 2.04. The normalized spacial score (nSPS) is 33.0. The van der Waals surface area contributed by atoms with Crippen molar-refractivity contribution >= 4 is 11.4 Å². The van der Waals surface area contributed by atoms with Gasteiger partial charge in [0.15, 0.2) is 0 Å². The Hall–Kier alpha value is -1.06. The lowest BCUT2D eigenvalue weighted by Gasteiger charge is -2.19. The SMILES string of the molecule is CC1CCCC(=NO)C1=NO. The van der Waals surface area contributed by atoms with E-state index in [9.17, 15) is 0 Å². The minimum Gasteiger partial charge on any atom is -0.411 e. The van der Waals surface area contributed by atoms with Gasteiger partial charge < -0.3 is 10.4 Å². The van der Waals surface area contributed by atoms with Crippen LogP contribution in [0.25, 0.3) is 0 Å². The Labute approximate surface area is 65.2 Å². The van der Waals surface area contributed by atoms with Gasteiger partial charge in [-0.05, 0) is 19.3 Å². The summed E-state index contributed by atoms with van der Waals surface area (Å²) in [7, 11) is 0. The van der Waals surface area contributed by atoms with E-state index in [1.807, 2.05) is 6.92 Å². The molecule has 0 aliphatic heterocycles. The molecule has 62 valence electrons. The van der Waals surface area contributed by atoms with Crippen molar-refractivity contribution in [3.05, 3.63) is 0 Å². The van der Waals surface area contributed by atoms with Crippen LogP contribution in [0.3, 0.4) is 0 Å². The largest absolute Gasteiger partial charge is 0.411 e. The molecule has 0 saturated heterocycles. The molecule has 1 atom stereocenters. The molecule has 4 nitrogen and oxygen atoms in total. The number of nitrogens with zero attached hydrogens (tertiary/aromatic N) is 2. The zero-order valence-electron chi connectivity index (χ0n) is 6.49. The van der Waals surface area contributed by atoms with E-state index in [4.69, 9.17) is 10.4 Å². The third-order valence-corrected chi connectivity index (χ3v) is 2.04. The lowest BCUT2D eigenvalue weighted by atomic mass is 9.87. The van der Waals surface area contributed by atoms with E-state index in [2.05, 4.69) is 10.3 Å². The minimum atomic E-state index is 0.208. The van der Waals surface area contributed by atoms with Gasteiger partial charge in [0, 0.05) is 5.92 Å². The average Bonchev–Trinajstić information content (AvgIpc) is 2.04. The lowest BCUT2D eigenvalue weighted by Crippen LogP contribution is -2.26. The van der Waals surface area contributed by atoms with E-state index in [-0.39, 0.29) is 5.92 Å². The van der Waals surface area contributed by atoms with Crippen molar-refractivity contribution in [1.82, 2.24) is 0 Å². The molecule has 0 aromatic rings. The quantitative estimate of drug-likeness (QED) is 0.412. The van der Waals surface area contributed by atoms with E-state index >= 15 is 0 Å². The van der Waals surface area contributed by atoms with Crippen molar-refractivity contribution < 1.29 is 10.4 Å². The topological polar surface area (TPSA) is 65.2 Å². The van der Waals surface area contributed by atoms with Crippen molar-refractivity contribution in [3.8, 4) is 0 Å². The highest BCUT2D eigenvalue weighted by Gasteiger charge is 2.22. The van der Waals surface area contributed by atoms with E-state index in [1.165, 1.54) is 0 Å². The van der Waals surface area contributed by atoms with Crippen LogP contribution in [-0.4, -0.2) is 21.8 Å². The molecule has 11 heavy (non-hydrogen) atoms. The van der Waals surface area contributed by atoms with Gasteiger partial charge in [-0.15, -0.1) is 0 Å². The summed E-state index contributed by atoms with van der Waals surface area (Å²) in [5, 5.41) is 23.2. The molecule has 0 aromatic heterocycles. The Morgan fingerprint density at radius 3 is 2.55 bits per heavy atom. The van der Waals surface area contributed by atoms with Crippen LogP contribution in [0.15, 0.2) is 10.3 Å². The minimum absolute atomic E-state index is 0.208. The van der Waals surface area contributed by atoms with Gasteiger partial charge in [0.25, 0.3) is 0 Å². The molecule has 1 aliphatic carbocycles. The van der Waals surface area contributed by atoms with Crippen molar-refractivity contribution in [2.75, 3.05) is 0 Å². The molecule has 1 aliphatic rings. The summed E-state index contributed by atoms with van der Waals surface area (Å²) in [6.45, 7) is 1.96. The van der Waals surface area contributed by atoms with E-state index < -0.39 is 0 Å². The predicted molar refractivity (Wildman–Crippen MR) is 41.5 cm³/mol. The molecule has 1 fully saturated rings. The smallest absolute Gasteiger partial charge is 0.107 e. The van der Waals surface area contributed by atoms with Gasteiger partial charge in [0.05, 0.1) is 0 Å². The first-order valence-electron chi connectivity index (χ1n) is 3.73. The van der Waals surface area contributed by atoms with Crippen LogP contribution in [0.1, 0.15) is 26.2 Å². The number of hydrogen-bond acceptors (Lipinski definition) is 4. The zero-order valence-corrected chi connectivity index (χ0v) is 6.49. The highest BCUT2D eigenvalue weighted by atomic mass is 16.4. The lowest BCUT2D eigenvalue weighted by molar-refractivity contribution is 0.308. The fourth-order valence-electron chi connectivity index (χ4n) is 1.38. The molecule has 4 heteroatoms. The monoisotopic (exact) mass is 156 g/mol. The molecule has 0 radical (unpaired) electrons. The second-order valence-electron chi connectivity index (χ2n) is 2.83. The number of hydrogen-bond donors (Lipinski definition) is 2. The van der Waals surface area contributed by atoms with Gasteiger partial charge in [-0.2, -0.15) is 0 Å². The standard InChI is InChI=1S/C7H12N2O2/c1-5-3-2-4-6(8-10)7(5)9-11/h5,10-11H,2-4H2,1H3. The average molecular weight is 156 g/mol. The summed E-state index contributed by atoms with van der Waals surface area (Å²) in [6.07, 6.45) is 2.71. The second-order valence-corrected chi connectivity index (χ2v) is 2.83. The Balaban J connectivity index is 2.81. The van der Waals surface area contributed by atoms with Gasteiger partial charge in [0.2, 0.25) is 0 Å². The maximum atomic E-state index is 8.56. The van der Waals surface area contributed by atoms with Crippen molar-refractivity contribution in [2.45, 2.75) is 26.2 Å². The molecule has 0 bridgehead atoms. The highest BCUT2D eigenvalue weighted by molar-refractivity contribution is 6.43. The van der Waals surface area contributed by atoms with Gasteiger partial charge >= 0.3 is 0 Å². The Bertz CT molecular complexity index is 199. The summed E-state index contributed by atoms with van der Waals surface area (Å²) in [5.41, 5.74) is 1.05. The molecule has 2 N–H and O–H groups in total. The summed E-state index contributed by atoms with van der Waals surface area (Å²) in [6, 6.07) is 0. The van der Waals surface area contributed by atoms with E-state index in [1.54, 1.807) is 0 Å². The van der Waals surface area contributed by atoms with E-state index in [0.717, 1.165) is 12.8 Å². The van der Waals surface area contributed by atoms with Crippen molar-refractivity contribution in [3.63, 3.8) is 0 Å².